The molecule has 1 atom stereocenters. The van der Waals surface area contributed by atoms with Gasteiger partial charge in [0, 0.05) is 52.4 Å². The van der Waals surface area contributed by atoms with Gasteiger partial charge in [0.05, 0.1) is 0 Å². The number of rotatable bonds is 7. The van der Waals surface area contributed by atoms with E-state index in [1.165, 1.54) is 32.1 Å². The molecule has 3 fully saturated rings. The minimum absolute atomic E-state index is 0.283. The SMILES string of the molecule is CN=C(NCC1(CCOC)CCC1)NC1CCN(C(=O)C2CCCC2)C1. The lowest BCUT2D eigenvalue weighted by molar-refractivity contribution is -0.134. The number of carbonyl (C=O) groups is 1. The Morgan fingerprint density at radius 2 is 2.00 bits per heavy atom. The maximum atomic E-state index is 12.6. The van der Waals surface area contributed by atoms with Gasteiger partial charge in [0.15, 0.2) is 5.96 Å². The van der Waals surface area contributed by atoms with Gasteiger partial charge in [-0.3, -0.25) is 9.79 Å². The van der Waals surface area contributed by atoms with Crippen molar-refractivity contribution in [3.63, 3.8) is 0 Å². The van der Waals surface area contributed by atoms with Crippen molar-refractivity contribution in [1.82, 2.24) is 15.5 Å². The Kier molecular flexibility index (Phi) is 6.79. The monoisotopic (exact) mass is 364 g/mol. The summed E-state index contributed by atoms with van der Waals surface area (Å²) in [5, 5.41) is 7.06. The van der Waals surface area contributed by atoms with Gasteiger partial charge in [-0.05, 0) is 43.9 Å². The second kappa shape index (κ2) is 9.07. The van der Waals surface area contributed by atoms with Crippen molar-refractivity contribution < 1.29 is 9.53 Å². The highest BCUT2D eigenvalue weighted by Crippen LogP contribution is 2.43. The second-order valence-corrected chi connectivity index (χ2v) is 8.42. The van der Waals surface area contributed by atoms with E-state index >= 15 is 0 Å². The maximum Gasteiger partial charge on any atom is 0.225 e. The molecule has 1 saturated heterocycles. The molecular formula is C20H36N4O2. The zero-order chi connectivity index (χ0) is 18.4. The molecule has 1 aliphatic heterocycles. The Morgan fingerprint density at radius 1 is 1.23 bits per heavy atom. The molecule has 0 bridgehead atoms. The minimum Gasteiger partial charge on any atom is -0.385 e. The van der Waals surface area contributed by atoms with Crippen molar-refractivity contribution in [3.8, 4) is 0 Å². The molecule has 26 heavy (non-hydrogen) atoms. The van der Waals surface area contributed by atoms with E-state index in [4.69, 9.17) is 4.74 Å². The lowest BCUT2D eigenvalue weighted by atomic mass is 9.67. The van der Waals surface area contributed by atoms with Gasteiger partial charge >= 0.3 is 0 Å². The third kappa shape index (κ3) is 4.70. The van der Waals surface area contributed by atoms with E-state index in [-0.39, 0.29) is 5.92 Å². The molecule has 2 N–H and O–H groups in total. The van der Waals surface area contributed by atoms with E-state index in [0.29, 0.717) is 17.4 Å². The number of nitrogens with one attached hydrogen (secondary N) is 2. The van der Waals surface area contributed by atoms with Crippen LogP contribution >= 0.6 is 0 Å². The molecule has 2 saturated carbocycles. The summed E-state index contributed by atoms with van der Waals surface area (Å²) in [5.74, 6) is 1.53. The molecule has 3 rings (SSSR count). The Hall–Kier alpha value is -1.30. The number of guanidine groups is 1. The highest BCUT2D eigenvalue weighted by atomic mass is 16.5. The van der Waals surface area contributed by atoms with Crippen LogP contribution in [0.4, 0.5) is 0 Å². The molecule has 3 aliphatic rings. The third-order valence-electron chi connectivity index (χ3n) is 6.65. The topological polar surface area (TPSA) is 66.0 Å². The van der Waals surface area contributed by atoms with Gasteiger partial charge in [-0.2, -0.15) is 0 Å². The first kappa shape index (κ1) is 19.5. The first-order valence-corrected chi connectivity index (χ1v) is 10.4. The fraction of sp³-hybridized carbons (Fsp3) is 0.900. The van der Waals surface area contributed by atoms with Crippen LogP contribution in [0.3, 0.4) is 0 Å². The molecule has 0 aromatic rings. The normalized spacial score (nSPS) is 26.0. The zero-order valence-electron chi connectivity index (χ0n) is 16.6. The van der Waals surface area contributed by atoms with Crippen LogP contribution in [0.1, 0.15) is 57.8 Å². The molecule has 0 aromatic carbocycles. The van der Waals surface area contributed by atoms with Crippen molar-refractivity contribution >= 4 is 11.9 Å². The predicted octanol–water partition coefficient (Wildman–Crippen LogP) is 2.15. The van der Waals surface area contributed by atoms with Crippen LogP contribution in [0, 0.1) is 11.3 Å². The Morgan fingerprint density at radius 3 is 2.62 bits per heavy atom. The molecule has 0 spiro atoms. The number of methoxy groups -OCH3 is 1. The summed E-state index contributed by atoms with van der Waals surface area (Å²) >= 11 is 0. The molecule has 6 heteroatoms. The van der Waals surface area contributed by atoms with E-state index in [0.717, 1.165) is 57.9 Å². The molecule has 1 heterocycles. The van der Waals surface area contributed by atoms with Crippen molar-refractivity contribution in [2.24, 2.45) is 16.3 Å². The maximum absolute atomic E-state index is 12.6. The van der Waals surface area contributed by atoms with Crippen LogP contribution in [0.2, 0.25) is 0 Å². The average Bonchev–Trinajstić information content (AvgIpc) is 3.30. The number of likely N-dealkylation sites (tertiary alicyclic amines) is 1. The zero-order valence-corrected chi connectivity index (χ0v) is 16.6. The van der Waals surface area contributed by atoms with E-state index in [1.54, 1.807) is 7.11 Å². The molecule has 1 amide bonds. The lowest BCUT2D eigenvalue weighted by Gasteiger charge is -2.42. The number of ether oxygens (including phenoxy) is 1. The van der Waals surface area contributed by atoms with E-state index in [2.05, 4.69) is 20.5 Å². The predicted molar refractivity (Wildman–Crippen MR) is 104 cm³/mol. The van der Waals surface area contributed by atoms with Crippen molar-refractivity contribution in [2.75, 3.05) is 40.4 Å². The Labute approximate surface area is 158 Å². The number of amides is 1. The lowest BCUT2D eigenvalue weighted by Crippen LogP contribution is -2.50. The van der Waals surface area contributed by atoms with Crippen LogP contribution in [-0.2, 0) is 9.53 Å². The van der Waals surface area contributed by atoms with Crippen LogP contribution in [-0.4, -0.2) is 63.2 Å². The third-order valence-corrected chi connectivity index (χ3v) is 6.65. The van der Waals surface area contributed by atoms with Crippen molar-refractivity contribution in [3.05, 3.63) is 0 Å². The quantitative estimate of drug-likeness (QED) is 0.537. The Bertz CT molecular complexity index is 498. The minimum atomic E-state index is 0.283. The summed E-state index contributed by atoms with van der Waals surface area (Å²) in [6.07, 6.45) is 10.6. The molecule has 0 aromatic heterocycles. The summed E-state index contributed by atoms with van der Waals surface area (Å²) < 4.78 is 5.28. The summed E-state index contributed by atoms with van der Waals surface area (Å²) in [6.45, 7) is 3.47. The van der Waals surface area contributed by atoms with Gasteiger partial charge in [0.2, 0.25) is 5.91 Å². The first-order valence-electron chi connectivity index (χ1n) is 10.4. The van der Waals surface area contributed by atoms with Gasteiger partial charge in [-0.1, -0.05) is 19.3 Å². The van der Waals surface area contributed by atoms with Crippen molar-refractivity contribution in [2.45, 2.75) is 63.8 Å². The van der Waals surface area contributed by atoms with Gasteiger partial charge in [0.1, 0.15) is 0 Å². The largest absolute Gasteiger partial charge is 0.385 e. The smallest absolute Gasteiger partial charge is 0.225 e. The van der Waals surface area contributed by atoms with E-state index < -0.39 is 0 Å². The Balaban J connectivity index is 1.43. The fourth-order valence-corrected chi connectivity index (χ4v) is 4.68. The second-order valence-electron chi connectivity index (χ2n) is 8.42. The molecular weight excluding hydrogens is 328 g/mol. The molecule has 6 nitrogen and oxygen atoms in total. The first-order chi connectivity index (χ1) is 12.7. The van der Waals surface area contributed by atoms with E-state index in [1.807, 2.05) is 7.05 Å². The molecule has 148 valence electrons. The standard InChI is InChI=1S/C20H36N4O2/c1-21-19(22-15-20(9-5-10-20)11-13-26-2)23-17-8-12-24(14-17)18(25)16-6-3-4-7-16/h16-17H,3-15H2,1-2H3,(H2,21,22,23). The van der Waals surface area contributed by atoms with Crippen molar-refractivity contribution in [1.29, 1.82) is 0 Å². The summed E-state index contributed by atoms with van der Waals surface area (Å²) in [4.78, 5) is 19.1. The van der Waals surface area contributed by atoms with Gasteiger partial charge in [-0.25, -0.2) is 0 Å². The molecule has 1 unspecified atom stereocenters. The summed E-state index contributed by atoms with van der Waals surface area (Å²) in [7, 11) is 3.60. The van der Waals surface area contributed by atoms with Crippen LogP contribution in [0.25, 0.3) is 0 Å². The van der Waals surface area contributed by atoms with Crippen LogP contribution in [0.5, 0.6) is 0 Å². The van der Waals surface area contributed by atoms with Gasteiger partial charge in [-0.15, -0.1) is 0 Å². The van der Waals surface area contributed by atoms with Crippen LogP contribution in [0.15, 0.2) is 4.99 Å². The molecule has 2 aliphatic carbocycles. The van der Waals surface area contributed by atoms with Crippen LogP contribution < -0.4 is 10.6 Å². The highest BCUT2D eigenvalue weighted by molar-refractivity contribution is 5.81. The number of nitrogens with zero attached hydrogens (tertiary/aromatic N) is 2. The number of aliphatic imine (C=N–C) groups is 1. The molecule has 0 radical (unpaired) electrons. The summed E-state index contributed by atoms with van der Waals surface area (Å²) in [5.41, 5.74) is 0.369. The number of hydrogen-bond acceptors (Lipinski definition) is 3. The fourth-order valence-electron chi connectivity index (χ4n) is 4.68. The average molecular weight is 365 g/mol. The number of hydrogen-bond donors (Lipinski definition) is 2. The summed E-state index contributed by atoms with van der Waals surface area (Å²) in [6, 6.07) is 0.308. The van der Waals surface area contributed by atoms with Gasteiger partial charge in [0.25, 0.3) is 0 Å². The van der Waals surface area contributed by atoms with Gasteiger partial charge < -0.3 is 20.3 Å². The highest BCUT2D eigenvalue weighted by Gasteiger charge is 2.37. The number of carbonyl (C=O) groups excluding carboxylic acids is 1. The van der Waals surface area contributed by atoms with E-state index in [9.17, 15) is 4.79 Å².